The predicted molar refractivity (Wildman–Crippen MR) is 132 cm³/mol. The van der Waals surface area contributed by atoms with Crippen LogP contribution >= 0.6 is 11.3 Å². The zero-order chi connectivity index (χ0) is 22.2. The number of nitrogens with zero attached hydrogens (tertiary/aromatic N) is 2. The number of carbonyl (C=O) groups excluding carboxylic acids is 1. The van der Waals surface area contributed by atoms with E-state index in [1.165, 1.54) is 16.9 Å². The molecule has 0 saturated carbocycles. The van der Waals surface area contributed by atoms with Gasteiger partial charge in [-0.15, -0.1) is 11.3 Å². The lowest BCUT2D eigenvalue weighted by atomic mass is 10.0. The number of amides is 1. The number of nitrogens with one attached hydrogen (secondary N) is 2. The van der Waals surface area contributed by atoms with E-state index in [1.54, 1.807) is 17.2 Å². The van der Waals surface area contributed by atoms with Crippen molar-refractivity contribution in [1.82, 2.24) is 9.80 Å². The number of anilines is 1. The lowest BCUT2D eigenvalue weighted by Gasteiger charge is -2.38. The highest BCUT2D eigenvalue weighted by atomic mass is 32.1. The SMILES string of the molecule is N=C(/C=C\Nc1ccccc1)N(C(=O)c1cccs1)C1CCN(Cc2ccccc2)CC1. The van der Waals surface area contributed by atoms with Gasteiger partial charge in [-0.25, -0.2) is 0 Å². The van der Waals surface area contributed by atoms with Crippen molar-refractivity contribution < 1.29 is 4.79 Å². The summed E-state index contributed by atoms with van der Waals surface area (Å²) in [6.45, 7) is 2.74. The molecule has 0 radical (unpaired) electrons. The third-order valence-electron chi connectivity index (χ3n) is 5.65. The van der Waals surface area contributed by atoms with E-state index >= 15 is 0 Å². The van der Waals surface area contributed by atoms with Crippen LogP contribution in [0.4, 0.5) is 5.69 Å². The van der Waals surface area contributed by atoms with Crippen molar-refractivity contribution in [3.05, 3.63) is 101 Å². The van der Waals surface area contributed by atoms with Gasteiger partial charge in [0.05, 0.1) is 4.88 Å². The van der Waals surface area contributed by atoms with Crippen molar-refractivity contribution in [1.29, 1.82) is 5.41 Å². The molecule has 0 bridgehead atoms. The van der Waals surface area contributed by atoms with E-state index in [0.717, 1.165) is 38.2 Å². The fourth-order valence-corrected chi connectivity index (χ4v) is 4.66. The first-order valence-corrected chi connectivity index (χ1v) is 11.8. The highest BCUT2D eigenvalue weighted by Crippen LogP contribution is 2.23. The molecule has 0 aliphatic carbocycles. The van der Waals surface area contributed by atoms with Crippen LogP contribution < -0.4 is 5.32 Å². The molecular formula is C26H28N4OS. The lowest BCUT2D eigenvalue weighted by Crippen LogP contribution is -2.49. The molecule has 1 saturated heterocycles. The first-order chi connectivity index (χ1) is 15.7. The standard InChI is InChI=1S/C26H28N4OS/c27-25(13-16-28-22-10-5-2-6-11-22)30(26(31)24-12-7-19-32-24)23-14-17-29(18-15-23)20-21-8-3-1-4-9-21/h1-13,16,19,23,27-28H,14-15,17-18,20H2/b16-13-,27-25?. The van der Waals surface area contributed by atoms with Crippen LogP contribution in [0.3, 0.4) is 0 Å². The number of thiophene rings is 1. The Bertz CT molecular complexity index is 1030. The second-order valence-corrected chi connectivity index (χ2v) is 8.82. The Kier molecular flexibility index (Phi) is 7.48. The number of likely N-dealkylation sites (tertiary alicyclic amines) is 1. The second kappa shape index (κ2) is 10.9. The van der Waals surface area contributed by atoms with Crippen molar-refractivity contribution >= 4 is 28.8 Å². The molecule has 0 spiro atoms. The maximum absolute atomic E-state index is 13.3. The molecule has 1 fully saturated rings. The average molecular weight is 445 g/mol. The molecule has 3 aromatic rings. The van der Waals surface area contributed by atoms with Gasteiger partial charge in [-0.05, 0) is 48.1 Å². The molecule has 32 heavy (non-hydrogen) atoms. The van der Waals surface area contributed by atoms with Crippen LogP contribution in [-0.4, -0.2) is 40.7 Å². The zero-order valence-corrected chi connectivity index (χ0v) is 18.8. The third kappa shape index (κ3) is 5.72. The summed E-state index contributed by atoms with van der Waals surface area (Å²) < 4.78 is 0. The van der Waals surface area contributed by atoms with E-state index in [2.05, 4.69) is 34.5 Å². The van der Waals surface area contributed by atoms with Gasteiger partial charge in [0.1, 0.15) is 5.84 Å². The van der Waals surface area contributed by atoms with Gasteiger partial charge in [-0.3, -0.25) is 20.0 Å². The molecule has 2 aromatic carbocycles. The topological polar surface area (TPSA) is 59.4 Å². The first-order valence-electron chi connectivity index (χ1n) is 10.9. The van der Waals surface area contributed by atoms with Crippen LogP contribution in [0.15, 0.2) is 90.5 Å². The normalized spacial score (nSPS) is 15.0. The van der Waals surface area contributed by atoms with Crippen LogP contribution in [0.5, 0.6) is 0 Å². The number of hydrogen-bond acceptors (Lipinski definition) is 5. The van der Waals surface area contributed by atoms with E-state index in [-0.39, 0.29) is 17.8 Å². The van der Waals surface area contributed by atoms with Gasteiger partial charge in [0.2, 0.25) is 0 Å². The first kappa shape index (κ1) is 22.0. The number of rotatable bonds is 7. The van der Waals surface area contributed by atoms with E-state index in [0.29, 0.717) is 4.88 Å². The van der Waals surface area contributed by atoms with Gasteiger partial charge in [-0.1, -0.05) is 54.6 Å². The summed E-state index contributed by atoms with van der Waals surface area (Å²) in [6.07, 6.45) is 5.12. The highest BCUT2D eigenvalue weighted by molar-refractivity contribution is 7.12. The molecule has 0 atom stereocenters. The molecule has 1 amide bonds. The summed E-state index contributed by atoms with van der Waals surface area (Å²) in [7, 11) is 0. The van der Waals surface area contributed by atoms with Gasteiger partial charge >= 0.3 is 0 Å². The van der Waals surface area contributed by atoms with Gasteiger partial charge in [0, 0.05) is 37.6 Å². The van der Waals surface area contributed by atoms with Crippen LogP contribution in [0.1, 0.15) is 28.1 Å². The van der Waals surface area contributed by atoms with E-state index in [1.807, 2.05) is 53.9 Å². The minimum atomic E-state index is -0.0872. The molecule has 1 aliphatic rings. The molecule has 1 aliphatic heterocycles. The summed E-state index contributed by atoms with van der Waals surface area (Å²) in [5.74, 6) is 0.129. The van der Waals surface area contributed by atoms with Crippen LogP contribution in [0, 0.1) is 5.41 Å². The van der Waals surface area contributed by atoms with E-state index < -0.39 is 0 Å². The second-order valence-electron chi connectivity index (χ2n) is 7.87. The van der Waals surface area contributed by atoms with Crippen LogP contribution in [0.2, 0.25) is 0 Å². The quantitative estimate of drug-likeness (QED) is 0.376. The minimum absolute atomic E-state index is 0.0190. The van der Waals surface area contributed by atoms with Crippen LogP contribution in [-0.2, 0) is 6.54 Å². The minimum Gasteiger partial charge on any atom is -0.362 e. The zero-order valence-electron chi connectivity index (χ0n) is 18.0. The van der Waals surface area contributed by atoms with Crippen molar-refractivity contribution in [2.45, 2.75) is 25.4 Å². The Morgan fingerprint density at radius 3 is 2.38 bits per heavy atom. The molecule has 6 heteroatoms. The average Bonchev–Trinajstić information content (AvgIpc) is 3.37. The number of carbonyl (C=O) groups is 1. The van der Waals surface area contributed by atoms with Crippen LogP contribution in [0.25, 0.3) is 0 Å². The van der Waals surface area contributed by atoms with E-state index in [9.17, 15) is 4.79 Å². The van der Waals surface area contributed by atoms with Crippen molar-refractivity contribution in [2.24, 2.45) is 0 Å². The largest absolute Gasteiger partial charge is 0.362 e. The highest BCUT2D eigenvalue weighted by Gasteiger charge is 2.31. The molecule has 4 rings (SSSR count). The molecule has 164 valence electrons. The summed E-state index contributed by atoms with van der Waals surface area (Å²) in [5, 5.41) is 13.8. The summed E-state index contributed by atoms with van der Waals surface area (Å²) in [4.78, 5) is 18.1. The molecule has 0 unspecified atom stereocenters. The summed E-state index contributed by atoms with van der Waals surface area (Å²) >= 11 is 1.43. The maximum Gasteiger partial charge on any atom is 0.269 e. The Morgan fingerprint density at radius 2 is 1.72 bits per heavy atom. The monoisotopic (exact) mass is 444 g/mol. The summed E-state index contributed by atoms with van der Waals surface area (Å²) in [5.41, 5.74) is 2.25. The summed E-state index contributed by atoms with van der Waals surface area (Å²) in [6, 6.07) is 24.0. The molecule has 2 N–H and O–H groups in total. The molecule has 5 nitrogen and oxygen atoms in total. The molecule has 2 heterocycles. The van der Waals surface area contributed by atoms with Crippen molar-refractivity contribution in [3.8, 4) is 0 Å². The fourth-order valence-electron chi connectivity index (χ4n) is 4.00. The Labute approximate surface area is 193 Å². The maximum atomic E-state index is 13.3. The van der Waals surface area contributed by atoms with Crippen molar-refractivity contribution in [2.75, 3.05) is 18.4 Å². The number of piperidine rings is 1. The van der Waals surface area contributed by atoms with Gasteiger partial charge in [-0.2, -0.15) is 0 Å². The molecule has 1 aromatic heterocycles. The van der Waals surface area contributed by atoms with Gasteiger partial charge < -0.3 is 5.32 Å². The molecular weight excluding hydrogens is 416 g/mol. The van der Waals surface area contributed by atoms with Gasteiger partial charge in [0.25, 0.3) is 5.91 Å². The number of benzene rings is 2. The fraction of sp³-hybridized carbons (Fsp3) is 0.231. The number of hydrogen-bond donors (Lipinski definition) is 2. The van der Waals surface area contributed by atoms with E-state index in [4.69, 9.17) is 5.41 Å². The lowest BCUT2D eigenvalue weighted by molar-refractivity contribution is 0.0734. The third-order valence-corrected chi connectivity index (χ3v) is 6.50. The van der Waals surface area contributed by atoms with Crippen molar-refractivity contribution in [3.63, 3.8) is 0 Å². The predicted octanol–water partition coefficient (Wildman–Crippen LogP) is 5.46. The Morgan fingerprint density at radius 1 is 1.03 bits per heavy atom. The smallest absolute Gasteiger partial charge is 0.269 e. The Hall–Kier alpha value is -3.22. The Balaban J connectivity index is 1.42. The number of amidine groups is 1. The number of para-hydroxylation sites is 1. The van der Waals surface area contributed by atoms with Gasteiger partial charge in [0.15, 0.2) is 0 Å².